The lowest BCUT2D eigenvalue weighted by Crippen LogP contribution is -2.29. The normalized spacial score (nSPS) is 12.7. The summed E-state index contributed by atoms with van der Waals surface area (Å²) >= 11 is 0. The molecule has 1 unspecified atom stereocenters. The van der Waals surface area contributed by atoms with Crippen LogP contribution < -0.4 is 11.3 Å². The van der Waals surface area contributed by atoms with Crippen molar-refractivity contribution >= 4 is 0 Å². The van der Waals surface area contributed by atoms with Gasteiger partial charge in [-0.1, -0.05) is 19.1 Å². The Morgan fingerprint density at radius 3 is 2.79 bits per heavy atom. The van der Waals surface area contributed by atoms with Crippen molar-refractivity contribution in [1.82, 2.24) is 15.2 Å². The third-order valence-electron chi connectivity index (χ3n) is 3.28. The molecule has 0 aliphatic heterocycles. The molecule has 0 radical (unpaired) electrons. The van der Waals surface area contributed by atoms with Crippen LogP contribution in [0.2, 0.25) is 0 Å². The molecule has 0 saturated heterocycles. The fourth-order valence-electron chi connectivity index (χ4n) is 2.22. The van der Waals surface area contributed by atoms with E-state index in [9.17, 15) is 4.39 Å². The van der Waals surface area contributed by atoms with Crippen LogP contribution in [-0.2, 0) is 13.5 Å². The summed E-state index contributed by atoms with van der Waals surface area (Å²) in [5.41, 5.74) is 6.12. The minimum Gasteiger partial charge on any atom is -0.275 e. The lowest BCUT2D eigenvalue weighted by molar-refractivity contribution is 0.597. The van der Waals surface area contributed by atoms with E-state index in [1.165, 1.54) is 6.07 Å². The number of nitrogens with two attached hydrogens (primary N) is 1. The Morgan fingerprint density at radius 1 is 1.47 bits per heavy atom. The summed E-state index contributed by atoms with van der Waals surface area (Å²) in [4.78, 5) is 0. The highest BCUT2D eigenvalue weighted by molar-refractivity contribution is 5.35. The van der Waals surface area contributed by atoms with Gasteiger partial charge in [0.2, 0.25) is 0 Å². The number of halogens is 1. The number of hydrogen-bond acceptors (Lipinski definition) is 3. The van der Waals surface area contributed by atoms with Crippen LogP contribution in [0.4, 0.5) is 4.39 Å². The van der Waals surface area contributed by atoms with Gasteiger partial charge in [-0.2, -0.15) is 5.10 Å². The van der Waals surface area contributed by atoms with Gasteiger partial charge in [0.25, 0.3) is 0 Å². The predicted molar refractivity (Wildman–Crippen MR) is 72.9 cm³/mol. The molecule has 3 N–H and O–H groups in total. The lowest BCUT2D eigenvalue weighted by Gasteiger charge is -2.16. The number of aryl methyl sites for hydroxylation is 3. The number of nitrogens with one attached hydrogen (secondary N) is 1. The van der Waals surface area contributed by atoms with Crippen LogP contribution in [0.15, 0.2) is 24.4 Å². The summed E-state index contributed by atoms with van der Waals surface area (Å²) in [6.45, 7) is 3.78. The van der Waals surface area contributed by atoms with Crippen LogP contribution >= 0.6 is 0 Å². The number of aromatic nitrogens is 2. The SMILES string of the molecule is CCc1nn(C)cc1C(NN)c1ccc(C)c(F)c1. The van der Waals surface area contributed by atoms with Gasteiger partial charge in [-0.05, 0) is 30.5 Å². The Balaban J connectivity index is 2.46. The summed E-state index contributed by atoms with van der Waals surface area (Å²) in [6, 6.07) is 4.91. The third-order valence-corrected chi connectivity index (χ3v) is 3.28. The van der Waals surface area contributed by atoms with Crippen LogP contribution in [0.3, 0.4) is 0 Å². The highest BCUT2D eigenvalue weighted by atomic mass is 19.1. The van der Waals surface area contributed by atoms with Crippen molar-refractivity contribution in [2.24, 2.45) is 12.9 Å². The molecular weight excluding hydrogens is 243 g/mol. The molecule has 1 aromatic carbocycles. The van der Waals surface area contributed by atoms with Gasteiger partial charge in [-0.3, -0.25) is 10.5 Å². The summed E-state index contributed by atoms with van der Waals surface area (Å²) in [5.74, 6) is 5.43. The van der Waals surface area contributed by atoms with E-state index in [1.54, 1.807) is 17.7 Å². The smallest absolute Gasteiger partial charge is 0.126 e. The summed E-state index contributed by atoms with van der Waals surface area (Å²) in [7, 11) is 1.87. The number of benzene rings is 1. The molecule has 2 rings (SSSR count). The molecule has 0 bridgehead atoms. The van der Waals surface area contributed by atoms with Crippen molar-refractivity contribution < 1.29 is 4.39 Å². The van der Waals surface area contributed by atoms with Crippen molar-refractivity contribution in [3.8, 4) is 0 Å². The van der Waals surface area contributed by atoms with E-state index in [0.717, 1.165) is 23.2 Å². The second kappa shape index (κ2) is 5.50. The molecule has 5 heteroatoms. The lowest BCUT2D eigenvalue weighted by atomic mass is 9.98. The molecular formula is C14H19FN4. The topological polar surface area (TPSA) is 55.9 Å². The Hall–Kier alpha value is -1.72. The highest BCUT2D eigenvalue weighted by Gasteiger charge is 2.19. The van der Waals surface area contributed by atoms with Gasteiger partial charge in [-0.25, -0.2) is 9.82 Å². The molecule has 1 heterocycles. The van der Waals surface area contributed by atoms with E-state index in [4.69, 9.17) is 5.84 Å². The van der Waals surface area contributed by atoms with Crippen molar-refractivity contribution in [1.29, 1.82) is 0 Å². The first kappa shape index (κ1) is 13.7. The van der Waals surface area contributed by atoms with E-state index < -0.39 is 0 Å². The molecule has 19 heavy (non-hydrogen) atoms. The minimum atomic E-state index is -0.251. The highest BCUT2D eigenvalue weighted by Crippen LogP contribution is 2.25. The van der Waals surface area contributed by atoms with Crippen molar-refractivity contribution in [3.63, 3.8) is 0 Å². The number of nitrogens with zero attached hydrogens (tertiary/aromatic N) is 2. The van der Waals surface area contributed by atoms with Crippen molar-refractivity contribution in [2.75, 3.05) is 0 Å². The van der Waals surface area contributed by atoms with Gasteiger partial charge in [0.05, 0.1) is 11.7 Å². The first-order valence-electron chi connectivity index (χ1n) is 6.31. The summed E-state index contributed by atoms with van der Waals surface area (Å²) in [5, 5.41) is 4.39. The molecule has 1 atom stereocenters. The van der Waals surface area contributed by atoms with E-state index in [1.807, 2.05) is 26.2 Å². The zero-order valence-electron chi connectivity index (χ0n) is 11.4. The van der Waals surface area contributed by atoms with E-state index in [-0.39, 0.29) is 11.9 Å². The van der Waals surface area contributed by atoms with Gasteiger partial charge >= 0.3 is 0 Å². The van der Waals surface area contributed by atoms with Gasteiger partial charge < -0.3 is 0 Å². The molecule has 4 nitrogen and oxygen atoms in total. The fraction of sp³-hybridized carbons (Fsp3) is 0.357. The quantitative estimate of drug-likeness (QED) is 0.654. The number of hydrazine groups is 1. The van der Waals surface area contributed by atoms with Crippen LogP contribution in [0.5, 0.6) is 0 Å². The first-order chi connectivity index (χ1) is 9.06. The second-order valence-electron chi connectivity index (χ2n) is 4.67. The second-order valence-corrected chi connectivity index (χ2v) is 4.67. The van der Waals surface area contributed by atoms with Gasteiger partial charge in [-0.15, -0.1) is 0 Å². The Bertz CT molecular complexity index is 577. The molecule has 1 aromatic heterocycles. The zero-order valence-corrected chi connectivity index (χ0v) is 11.4. The van der Waals surface area contributed by atoms with Crippen LogP contribution in [-0.4, -0.2) is 9.78 Å². The molecule has 0 saturated carbocycles. The standard InChI is InChI=1S/C14H19FN4/c1-4-13-11(8-19(3)18-13)14(17-16)10-6-5-9(2)12(15)7-10/h5-8,14,17H,4,16H2,1-3H3. The molecule has 102 valence electrons. The predicted octanol–water partition coefficient (Wildman–Crippen LogP) is 1.98. The van der Waals surface area contributed by atoms with Crippen LogP contribution in [0, 0.1) is 12.7 Å². The largest absolute Gasteiger partial charge is 0.275 e. The van der Waals surface area contributed by atoms with E-state index in [0.29, 0.717) is 5.56 Å². The molecule has 0 fully saturated rings. The van der Waals surface area contributed by atoms with E-state index in [2.05, 4.69) is 10.5 Å². The average Bonchev–Trinajstić information content (AvgIpc) is 2.76. The van der Waals surface area contributed by atoms with E-state index >= 15 is 0 Å². The Morgan fingerprint density at radius 2 is 2.21 bits per heavy atom. The van der Waals surface area contributed by atoms with Crippen LogP contribution in [0.25, 0.3) is 0 Å². The van der Waals surface area contributed by atoms with Gasteiger partial charge in [0.1, 0.15) is 5.82 Å². The molecule has 0 aliphatic rings. The Kier molecular flexibility index (Phi) is 3.97. The number of rotatable bonds is 4. The zero-order chi connectivity index (χ0) is 14.0. The van der Waals surface area contributed by atoms with Gasteiger partial charge in [0, 0.05) is 18.8 Å². The fourth-order valence-corrected chi connectivity index (χ4v) is 2.22. The first-order valence-corrected chi connectivity index (χ1v) is 6.31. The maximum absolute atomic E-state index is 13.7. The monoisotopic (exact) mass is 262 g/mol. The number of hydrogen-bond donors (Lipinski definition) is 2. The average molecular weight is 262 g/mol. The van der Waals surface area contributed by atoms with Crippen molar-refractivity contribution in [3.05, 3.63) is 52.6 Å². The summed E-state index contributed by atoms with van der Waals surface area (Å²) < 4.78 is 15.4. The third kappa shape index (κ3) is 2.67. The Labute approximate surface area is 112 Å². The van der Waals surface area contributed by atoms with Crippen molar-refractivity contribution in [2.45, 2.75) is 26.3 Å². The molecule has 2 aromatic rings. The maximum atomic E-state index is 13.7. The minimum absolute atomic E-state index is 0.223. The molecule has 0 aliphatic carbocycles. The van der Waals surface area contributed by atoms with Crippen LogP contribution in [0.1, 0.15) is 35.3 Å². The molecule has 0 amide bonds. The maximum Gasteiger partial charge on any atom is 0.126 e. The van der Waals surface area contributed by atoms with Gasteiger partial charge in [0.15, 0.2) is 0 Å². The summed E-state index contributed by atoms with van der Waals surface area (Å²) in [6.07, 6.45) is 2.73. The molecule has 0 spiro atoms.